The molecule has 1 aromatic heterocycles. The van der Waals surface area contributed by atoms with Crippen molar-refractivity contribution in [2.75, 3.05) is 25.5 Å². The number of nitrogens with zero attached hydrogens (tertiary/aromatic N) is 2. The van der Waals surface area contributed by atoms with Crippen LogP contribution in [0, 0.1) is 6.92 Å². The number of benzene rings is 2. The van der Waals surface area contributed by atoms with Crippen molar-refractivity contribution in [1.82, 2.24) is 9.29 Å². The number of pyridine rings is 1. The molecule has 184 valence electrons. The predicted molar refractivity (Wildman–Crippen MR) is 131 cm³/mol. The van der Waals surface area contributed by atoms with Gasteiger partial charge in [-0.15, -0.1) is 0 Å². The summed E-state index contributed by atoms with van der Waals surface area (Å²) in [5.41, 5.74) is 1.42. The maximum Gasteiger partial charge on any atom is 0.339 e. The van der Waals surface area contributed by atoms with Crippen LogP contribution in [0.4, 0.5) is 5.69 Å². The van der Waals surface area contributed by atoms with E-state index in [1.165, 1.54) is 47.9 Å². The lowest BCUT2D eigenvalue weighted by Gasteiger charge is -2.20. The Labute approximate surface area is 204 Å². The maximum atomic E-state index is 13.1. The van der Waals surface area contributed by atoms with E-state index in [0.717, 1.165) is 5.56 Å². The number of esters is 1. The zero-order valence-corrected chi connectivity index (χ0v) is 20.8. The van der Waals surface area contributed by atoms with Crippen molar-refractivity contribution in [2.24, 2.45) is 0 Å². The van der Waals surface area contributed by atoms with Gasteiger partial charge in [-0.3, -0.25) is 9.78 Å². The molecule has 0 aliphatic heterocycles. The number of sulfonamides is 1. The quantitative estimate of drug-likeness (QED) is 0.440. The third-order valence-electron chi connectivity index (χ3n) is 5.21. The molecule has 3 aromatic rings. The van der Waals surface area contributed by atoms with Crippen molar-refractivity contribution >= 4 is 27.6 Å². The van der Waals surface area contributed by atoms with E-state index in [1.807, 2.05) is 19.1 Å². The van der Waals surface area contributed by atoms with Gasteiger partial charge in [-0.25, -0.2) is 13.2 Å². The Kier molecular flexibility index (Phi) is 8.21. The highest BCUT2D eigenvalue weighted by Crippen LogP contribution is 2.33. The van der Waals surface area contributed by atoms with Crippen molar-refractivity contribution < 1.29 is 27.5 Å². The average molecular weight is 498 g/mol. The van der Waals surface area contributed by atoms with Crippen molar-refractivity contribution in [3.8, 4) is 11.5 Å². The molecule has 0 saturated carbocycles. The highest BCUT2D eigenvalue weighted by molar-refractivity contribution is 7.89. The van der Waals surface area contributed by atoms with Gasteiger partial charge in [0.15, 0.2) is 5.75 Å². The lowest BCUT2D eigenvalue weighted by atomic mass is 10.2. The summed E-state index contributed by atoms with van der Waals surface area (Å²) in [7, 11) is -2.53. The summed E-state index contributed by atoms with van der Waals surface area (Å²) in [6.45, 7) is 6.06. The number of aryl methyl sites for hydroxylation is 1. The number of anilines is 1. The molecule has 0 aliphatic carbocycles. The van der Waals surface area contributed by atoms with Crippen LogP contribution in [0.3, 0.4) is 0 Å². The van der Waals surface area contributed by atoms with E-state index >= 15 is 0 Å². The third kappa shape index (κ3) is 6.03. The van der Waals surface area contributed by atoms with E-state index in [1.54, 1.807) is 26.0 Å². The summed E-state index contributed by atoms with van der Waals surface area (Å²) in [4.78, 5) is 28.6. The predicted octanol–water partition coefficient (Wildman–Crippen LogP) is 4.25. The Morgan fingerprint density at radius 2 is 1.69 bits per heavy atom. The first-order valence-corrected chi connectivity index (χ1v) is 12.4. The summed E-state index contributed by atoms with van der Waals surface area (Å²) in [5.74, 6) is -0.405. The normalized spacial score (nSPS) is 11.2. The molecule has 3 rings (SSSR count). The molecule has 9 nitrogen and oxygen atoms in total. The third-order valence-corrected chi connectivity index (χ3v) is 7.25. The number of methoxy groups -OCH3 is 1. The summed E-state index contributed by atoms with van der Waals surface area (Å²) in [5, 5.41) is 2.68. The molecule has 0 radical (unpaired) electrons. The minimum atomic E-state index is -3.78. The molecule has 1 N–H and O–H groups in total. The van der Waals surface area contributed by atoms with Gasteiger partial charge in [0, 0.05) is 19.3 Å². The first-order valence-electron chi connectivity index (χ1n) is 10.9. The number of carbonyl (C=O) groups is 2. The minimum Gasteiger partial charge on any atom is -0.465 e. The Bertz CT molecular complexity index is 1300. The fraction of sp³-hybridized carbons (Fsp3) is 0.240. The molecule has 35 heavy (non-hydrogen) atoms. The fourth-order valence-electron chi connectivity index (χ4n) is 3.26. The van der Waals surface area contributed by atoms with E-state index in [4.69, 9.17) is 4.74 Å². The summed E-state index contributed by atoms with van der Waals surface area (Å²) < 4.78 is 38.0. The summed E-state index contributed by atoms with van der Waals surface area (Å²) in [6, 6.07) is 14.4. The van der Waals surface area contributed by atoms with Gasteiger partial charge in [-0.1, -0.05) is 31.5 Å². The Hall–Kier alpha value is -3.76. The molecule has 0 saturated heterocycles. The molecule has 1 heterocycles. The lowest BCUT2D eigenvalue weighted by molar-refractivity contribution is 0.0600. The average Bonchev–Trinajstić information content (AvgIpc) is 2.86. The van der Waals surface area contributed by atoms with Gasteiger partial charge in [0.1, 0.15) is 11.4 Å². The zero-order valence-electron chi connectivity index (χ0n) is 19.9. The Morgan fingerprint density at radius 1 is 1.00 bits per heavy atom. The highest BCUT2D eigenvalue weighted by atomic mass is 32.2. The number of nitrogens with one attached hydrogen (secondary N) is 1. The number of amides is 1. The van der Waals surface area contributed by atoms with Crippen LogP contribution in [0.2, 0.25) is 0 Å². The van der Waals surface area contributed by atoms with E-state index in [9.17, 15) is 18.0 Å². The number of hydrogen-bond acceptors (Lipinski definition) is 7. The summed E-state index contributed by atoms with van der Waals surface area (Å²) in [6.07, 6.45) is 1.23. The van der Waals surface area contributed by atoms with Crippen molar-refractivity contribution in [2.45, 2.75) is 25.7 Å². The van der Waals surface area contributed by atoms with Gasteiger partial charge in [0.25, 0.3) is 5.91 Å². The molecular formula is C25H27N3O6S. The number of aromatic nitrogens is 1. The van der Waals surface area contributed by atoms with Crippen LogP contribution in [0.25, 0.3) is 0 Å². The van der Waals surface area contributed by atoms with E-state index < -0.39 is 21.9 Å². The molecule has 0 bridgehead atoms. The van der Waals surface area contributed by atoms with Gasteiger partial charge >= 0.3 is 5.97 Å². The van der Waals surface area contributed by atoms with Crippen LogP contribution >= 0.6 is 0 Å². The van der Waals surface area contributed by atoms with E-state index in [2.05, 4.69) is 15.0 Å². The zero-order chi connectivity index (χ0) is 25.6. The number of carbonyl (C=O) groups excluding carboxylic acids is 2. The van der Waals surface area contributed by atoms with Crippen molar-refractivity contribution in [1.29, 1.82) is 0 Å². The fourth-order valence-corrected chi connectivity index (χ4v) is 4.74. The second kappa shape index (κ2) is 11.1. The SMILES string of the molecule is CCN(CC)S(=O)(=O)c1ccc(Oc2ccc(C)cc2)c(NC(=O)c2ccc(C(=O)OC)cn2)c1. The molecule has 0 spiro atoms. The number of ether oxygens (including phenoxy) is 2. The van der Waals surface area contributed by atoms with Crippen LogP contribution in [0.1, 0.15) is 40.3 Å². The molecule has 0 aliphatic rings. The van der Waals surface area contributed by atoms with Crippen LogP contribution in [-0.2, 0) is 14.8 Å². The van der Waals surface area contributed by atoms with Crippen LogP contribution < -0.4 is 10.1 Å². The topological polar surface area (TPSA) is 115 Å². The van der Waals surface area contributed by atoms with Gasteiger partial charge in [-0.05, 0) is 49.4 Å². The molecule has 0 fully saturated rings. The van der Waals surface area contributed by atoms with Crippen molar-refractivity contribution in [3.05, 3.63) is 77.6 Å². The molecule has 2 aromatic carbocycles. The monoisotopic (exact) mass is 497 g/mol. The summed E-state index contributed by atoms with van der Waals surface area (Å²) >= 11 is 0. The highest BCUT2D eigenvalue weighted by Gasteiger charge is 2.24. The smallest absolute Gasteiger partial charge is 0.339 e. The van der Waals surface area contributed by atoms with Crippen molar-refractivity contribution in [3.63, 3.8) is 0 Å². The molecule has 0 atom stereocenters. The standard InChI is InChI=1S/C25H27N3O6S/c1-5-28(6-2)35(31,32)20-12-14-23(34-19-10-7-17(3)8-11-19)22(15-20)27-24(29)21-13-9-18(16-26-21)25(30)33-4/h7-16H,5-6H2,1-4H3,(H,27,29). The van der Waals surface area contributed by atoms with Crippen LogP contribution in [0.15, 0.2) is 65.7 Å². The van der Waals surface area contributed by atoms with Gasteiger partial charge < -0.3 is 14.8 Å². The van der Waals surface area contributed by atoms with Gasteiger partial charge in [-0.2, -0.15) is 4.31 Å². The van der Waals surface area contributed by atoms with Gasteiger partial charge in [0.2, 0.25) is 10.0 Å². The van der Waals surface area contributed by atoms with Crippen LogP contribution in [-0.4, -0.2) is 49.8 Å². The Morgan fingerprint density at radius 3 is 2.26 bits per heavy atom. The second-order valence-corrected chi connectivity index (χ2v) is 9.48. The largest absolute Gasteiger partial charge is 0.465 e. The first kappa shape index (κ1) is 25.9. The molecule has 1 amide bonds. The molecule has 10 heteroatoms. The second-order valence-electron chi connectivity index (χ2n) is 7.54. The van der Waals surface area contributed by atoms with E-state index in [-0.39, 0.29) is 27.6 Å². The lowest BCUT2D eigenvalue weighted by Crippen LogP contribution is -2.30. The van der Waals surface area contributed by atoms with Crippen LogP contribution in [0.5, 0.6) is 11.5 Å². The number of hydrogen-bond donors (Lipinski definition) is 1. The Balaban J connectivity index is 1.98. The number of rotatable bonds is 9. The van der Waals surface area contributed by atoms with E-state index in [0.29, 0.717) is 18.8 Å². The molecular weight excluding hydrogens is 470 g/mol. The maximum absolute atomic E-state index is 13.1. The first-order chi connectivity index (χ1) is 16.7. The van der Waals surface area contributed by atoms with Gasteiger partial charge in [0.05, 0.1) is 23.3 Å². The molecule has 0 unspecified atom stereocenters. The minimum absolute atomic E-state index is 0.0155.